The van der Waals surface area contributed by atoms with E-state index in [1.54, 1.807) is 19.5 Å². The van der Waals surface area contributed by atoms with Gasteiger partial charge in [-0.3, -0.25) is 9.88 Å². The lowest BCUT2D eigenvalue weighted by atomic mass is 10.1. The zero-order chi connectivity index (χ0) is 15.4. The van der Waals surface area contributed by atoms with Gasteiger partial charge in [0.15, 0.2) is 0 Å². The SMILES string of the molecule is COc1cccc(C(C)N2CCN(c3cnccn3)CC2)c1. The van der Waals surface area contributed by atoms with E-state index in [0.29, 0.717) is 6.04 Å². The Morgan fingerprint density at radius 3 is 2.64 bits per heavy atom. The summed E-state index contributed by atoms with van der Waals surface area (Å²) in [4.78, 5) is 13.3. The van der Waals surface area contributed by atoms with Crippen LogP contribution < -0.4 is 9.64 Å². The minimum absolute atomic E-state index is 0.388. The zero-order valence-electron chi connectivity index (χ0n) is 13.1. The van der Waals surface area contributed by atoms with Gasteiger partial charge in [0.2, 0.25) is 0 Å². The van der Waals surface area contributed by atoms with Crippen molar-refractivity contribution in [3.05, 3.63) is 48.4 Å². The maximum absolute atomic E-state index is 5.33. The molecule has 1 unspecified atom stereocenters. The second-order valence-electron chi connectivity index (χ2n) is 5.54. The second-order valence-corrected chi connectivity index (χ2v) is 5.54. The molecular formula is C17H22N4O. The van der Waals surface area contributed by atoms with E-state index in [9.17, 15) is 0 Å². The molecule has 1 aliphatic heterocycles. The molecule has 0 amide bonds. The van der Waals surface area contributed by atoms with Crippen LogP contribution >= 0.6 is 0 Å². The van der Waals surface area contributed by atoms with E-state index in [0.717, 1.165) is 37.7 Å². The highest BCUT2D eigenvalue weighted by atomic mass is 16.5. The van der Waals surface area contributed by atoms with Gasteiger partial charge in [-0.25, -0.2) is 4.98 Å². The smallest absolute Gasteiger partial charge is 0.147 e. The van der Waals surface area contributed by atoms with Gasteiger partial charge in [-0.05, 0) is 24.6 Å². The number of hydrogen-bond donors (Lipinski definition) is 0. The summed E-state index contributed by atoms with van der Waals surface area (Å²) in [5, 5.41) is 0. The summed E-state index contributed by atoms with van der Waals surface area (Å²) in [6, 6.07) is 8.73. The molecule has 1 aromatic heterocycles. The molecule has 1 aromatic carbocycles. The normalized spacial score (nSPS) is 17.3. The number of rotatable bonds is 4. The second kappa shape index (κ2) is 6.75. The van der Waals surface area contributed by atoms with Crippen LogP contribution in [0.1, 0.15) is 18.5 Å². The van der Waals surface area contributed by atoms with Gasteiger partial charge in [-0.1, -0.05) is 12.1 Å². The third-order valence-corrected chi connectivity index (χ3v) is 4.31. The largest absolute Gasteiger partial charge is 0.497 e. The average Bonchev–Trinajstić information content (AvgIpc) is 2.62. The Balaban J connectivity index is 1.63. The maximum atomic E-state index is 5.33. The third kappa shape index (κ3) is 3.20. The summed E-state index contributed by atoms with van der Waals surface area (Å²) in [6.07, 6.45) is 5.30. The van der Waals surface area contributed by atoms with Crippen molar-refractivity contribution in [2.24, 2.45) is 0 Å². The number of aromatic nitrogens is 2. The van der Waals surface area contributed by atoms with Crippen LogP contribution in [0.25, 0.3) is 0 Å². The molecule has 3 rings (SSSR count). The van der Waals surface area contributed by atoms with Crippen LogP contribution in [-0.4, -0.2) is 48.2 Å². The molecule has 0 spiro atoms. The van der Waals surface area contributed by atoms with Gasteiger partial charge in [0.1, 0.15) is 11.6 Å². The minimum Gasteiger partial charge on any atom is -0.497 e. The lowest BCUT2D eigenvalue weighted by molar-refractivity contribution is 0.198. The summed E-state index contributed by atoms with van der Waals surface area (Å²) in [7, 11) is 1.71. The van der Waals surface area contributed by atoms with E-state index < -0.39 is 0 Å². The van der Waals surface area contributed by atoms with Crippen LogP contribution in [0.2, 0.25) is 0 Å². The van der Waals surface area contributed by atoms with Gasteiger partial charge in [0.05, 0.1) is 13.3 Å². The first kappa shape index (κ1) is 14.8. The van der Waals surface area contributed by atoms with Gasteiger partial charge in [-0.2, -0.15) is 0 Å². The summed E-state index contributed by atoms with van der Waals surface area (Å²) in [6.45, 7) is 6.26. The van der Waals surface area contributed by atoms with Gasteiger partial charge in [0, 0.05) is 44.6 Å². The quantitative estimate of drug-likeness (QED) is 0.867. The number of methoxy groups -OCH3 is 1. The van der Waals surface area contributed by atoms with E-state index in [2.05, 4.69) is 44.9 Å². The highest BCUT2D eigenvalue weighted by Crippen LogP contribution is 2.25. The van der Waals surface area contributed by atoms with Crippen molar-refractivity contribution >= 4 is 5.82 Å². The molecule has 0 N–H and O–H groups in total. The molecule has 5 heteroatoms. The number of nitrogens with zero attached hydrogens (tertiary/aromatic N) is 4. The summed E-state index contributed by atoms with van der Waals surface area (Å²) >= 11 is 0. The van der Waals surface area contributed by atoms with Crippen molar-refractivity contribution in [2.45, 2.75) is 13.0 Å². The first-order valence-corrected chi connectivity index (χ1v) is 7.67. The van der Waals surface area contributed by atoms with Crippen LogP contribution in [0.4, 0.5) is 5.82 Å². The molecule has 1 saturated heterocycles. The summed E-state index contributed by atoms with van der Waals surface area (Å²) < 4.78 is 5.33. The molecule has 116 valence electrons. The molecule has 1 fully saturated rings. The molecule has 2 aromatic rings. The van der Waals surface area contributed by atoms with E-state index in [4.69, 9.17) is 4.74 Å². The average molecular weight is 298 g/mol. The Kier molecular flexibility index (Phi) is 4.53. The molecule has 1 aliphatic rings. The maximum Gasteiger partial charge on any atom is 0.147 e. The number of anilines is 1. The number of ether oxygens (including phenoxy) is 1. The molecule has 22 heavy (non-hydrogen) atoms. The zero-order valence-corrected chi connectivity index (χ0v) is 13.1. The Hall–Kier alpha value is -2.14. The lowest BCUT2D eigenvalue weighted by Gasteiger charge is -2.38. The topological polar surface area (TPSA) is 41.5 Å². The minimum atomic E-state index is 0.388. The fourth-order valence-electron chi connectivity index (χ4n) is 2.91. The van der Waals surface area contributed by atoms with Gasteiger partial charge in [0.25, 0.3) is 0 Å². The highest BCUT2D eigenvalue weighted by molar-refractivity contribution is 5.36. The standard InChI is InChI=1S/C17H22N4O/c1-14(15-4-3-5-16(12-15)22-2)20-8-10-21(11-9-20)17-13-18-6-7-19-17/h3-7,12-14H,8-11H2,1-2H3. The molecular weight excluding hydrogens is 276 g/mol. The van der Waals surface area contributed by atoms with Crippen LogP contribution in [-0.2, 0) is 0 Å². The van der Waals surface area contributed by atoms with Crippen LogP contribution in [0.5, 0.6) is 5.75 Å². The van der Waals surface area contributed by atoms with Crippen LogP contribution in [0, 0.1) is 0 Å². The highest BCUT2D eigenvalue weighted by Gasteiger charge is 2.22. The fraction of sp³-hybridized carbons (Fsp3) is 0.412. The first-order chi connectivity index (χ1) is 10.8. The molecule has 0 aliphatic carbocycles. The molecule has 5 nitrogen and oxygen atoms in total. The first-order valence-electron chi connectivity index (χ1n) is 7.67. The van der Waals surface area contributed by atoms with Crippen LogP contribution in [0.15, 0.2) is 42.9 Å². The van der Waals surface area contributed by atoms with Crippen molar-refractivity contribution in [2.75, 3.05) is 38.2 Å². The van der Waals surface area contributed by atoms with Crippen molar-refractivity contribution in [3.8, 4) is 5.75 Å². The monoisotopic (exact) mass is 298 g/mol. The molecule has 2 heterocycles. The van der Waals surface area contributed by atoms with Gasteiger partial charge < -0.3 is 9.64 Å². The lowest BCUT2D eigenvalue weighted by Crippen LogP contribution is -2.47. The van der Waals surface area contributed by atoms with E-state index in [-0.39, 0.29) is 0 Å². The predicted octanol–water partition coefficient (Wildman–Crippen LogP) is 2.37. The van der Waals surface area contributed by atoms with Crippen LogP contribution in [0.3, 0.4) is 0 Å². The van der Waals surface area contributed by atoms with Crippen molar-refractivity contribution in [3.63, 3.8) is 0 Å². The van der Waals surface area contributed by atoms with Crippen molar-refractivity contribution < 1.29 is 4.74 Å². The summed E-state index contributed by atoms with van der Waals surface area (Å²) in [5.74, 6) is 1.89. The van der Waals surface area contributed by atoms with Gasteiger partial charge in [-0.15, -0.1) is 0 Å². The van der Waals surface area contributed by atoms with Gasteiger partial charge >= 0.3 is 0 Å². The molecule has 0 bridgehead atoms. The third-order valence-electron chi connectivity index (χ3n) is 4.31. The van der Waals surface area contributed by atoms with Crippen molar-refractivity contribution in [1.29, 1.82) is 0 Å². The Labute approximate surface area is 131 Å². The molecule has 0 radical (unpaired) electrons. The number of hydrogen-bond acceptors (Lipinski definition) is 5. The fourth-order valence-corrected chi connectivity index (χ4v) is 2.91. The molecule has 1 atom stereocenters. The van der Waals surface area contributed by atoms with E-state index in [1.807, 2.05) is 12.3 Å². The van der Waals surface area contributed by atoms with E-state index >= 15 is 0 Å². The number of piperazine rings is 1. The Bertz CT molecular complexity index is 597. The number of benzene rings is 1. The summed E-state index contributed by atoms with van der Waals surface area (Å²) in [5.41, 5.74) is 1.30. The van der Waals surface area contributed by atoms with E-state index in [1.165, 1.54) is 5.56 Å². The Morgan fingerprint density at radius 1 is 1.14 bits per heavy atom. The Morgan fingerprint density at radius 2 is 1.95 bits per heavy atom. The molecule has 0 saturated carbocycles. The predicted molar refractivity (Wildman–Crippen MR) is 87.2 cm³/mol. The van der Waals surface area contributed by atoms with Crippen molar-refractivity contribution in [1.82, 2.24) is 14.9 Å².